The summed E-state index contributed by atoms with van der Waals surface area (Å²) in [7, 11) is 0. The quantitative estimate of drug-likeness (QED) is 0.879. The number of carbonyl (C=O) groups is 1. The molecular weight excluding hydrogens is 250 g/mol. The lowest BCUT2D eigenvalue weighted by Gasteiger charge is -2.11. The number of hydrogen-bond donors (Lipinski definition) is 2. The van der Waals surface area contributed by atoms with E-state index in [0.29, 0.717) is 12.3 Å². The second kappa shape index (κ2) is 6.09. The van der Waals surface area contributed by atoms with Gasteiger partial charge in [-0.05, 0) is 36.6 Å². The maximum atomic E-state index is 11.8. The van der Waals surface area contributed by atoms with Gasteiger partial charge in [0.25, 0.3) is 0 Å². The molecule has 1 heterocycles. The molecule has 0 bridgehead atoms. The van der Waals surface area contributed by atoms with Crippen LogP contribution in [0.5, 0.6) is 0 Å². The van der Waals surface area contributed by atoms with E-state index in [2.05, 4.69) is 36.0 Å². The van der Waals surface area contributed by atoms with Crippen molar-refractivity contribution in [3.05, 3.63) is 30.5 Å². The van der Waals surface area contributed by atoms with E-state index in [0.717, 1.165) is 17.6 Å². The lowest BCUT2D eigenvalue weighted by Crippen LogP contribution is -2.34. The molecule has 3 N–H and O–H groups in total. The molecule has 1 aromatic heterocycles. The molecule has 0 aliphatic heterocycles. The first-order valence-electron chi connectivity index (χ1n) is 7.16. The molecule has 0 saturated carbocycles. The van der Waals surface area contributed by atoms with E-state index in [1.807, 2.05) is 25.1 Å². The Morgan fingerprint density at radius 2 is 2.10 bits per heavy atom. The topological polar surface area (TPSA) is 60.1 Å². The summed E-state index contributed by atoms with van der Waals surface area (Å²) in [5, 5.41) is 3.99. The normalized spacial score (nSPS) is 12.8. The van der Waals surface area contributed by atoms with Crippen molar-refractivity contribution < 1.29 is 4.79 Å². The molecule has 108 valence electrons. The number of nitrogens with one attached hydrogen (secondary N) is 1. The van der Waals surface area contributed by atoms with E-state index in [-0.39, 0.29) is 5.91 Å². The first-order valence-corrected chi connectivity index (χ1v) is 7.16. The van der Waals surface area contributed by atoms with Gasteiger partial charge in [-0.2, -0.15) is 0 Å². The van der Waals surface area contributed by atoms with Crippen molar-refractivity contribution in [3.8, 4) is 0 Å². The maximum absolute atomic E-state index is 11.8. The number of nitrogens with zero attached hydrogens (tertiary/aromatic N) is 1. The first kappa shape index (κ1) is 14.6. The van der Waals surface area contributed by atoms with Crippen molar-refractivity contribution in [1.82, 2.24) is 4.57 Å². The third-order valence-electron chi connectivity index (χ3n) is 3.38. The van der Waals surface area contributed by atoms with Crippen LogP contribution in [0.3, 0.4) is 0 Å². The number of benzene rings is 1. The molecular formula is C16H23N3O. The number of carbonyl (C=O) groups excluding carboxylic acids is 1. The average molecular weight is 273 g/mol. The van der Waals surface area contributed by atoms with Gasteiger partial charge in [0.15, 0.2) is 0 Å². The average Bonchev–Trinajstić information content (AvgIpc) is 2.79. The van der Waals surface area contributed by atoms with E-state index in [1.54, 1.807) is 0 Å². The van der Waals surface area contributed by atoms with Crippen molar-refractivity contribution in [2.75, 3.05) is 5.32 Å². The number of rotatable bonds is 5. The zero-order chi connectivity index (χ0) is 14.7. The molecule has 0 radical (unpaired) electrons. The van der Waals surface area contributed by atoms with Gasteiger partial charge in [-0.25, -0.2) is 0 Å². The summed E-state index contributed by atoms with van der Waals surface area (Å²) in [6.07, 6.45) is 2.73. The van der Waals surface area contributed by atoms with Crippen LogP contribution in [0, 0.1) is 5.92 Å². The minimum absolute atomic E-state index is 0.131. The Balaban J connectivity index is 2.20. The number of aromatic nitrogens is 1. The smallest absolute Gasteiger partial charge is 0.241 e. The van der Waals surface area contributed by atoms with Crippen LogP contribution in [-0.4, -0.2) is 16.5 Å². The van der Waals surface area contributed by atoms with Gasteiger partial charge in [0.2, 0.25) is 5.91 Å². The fraction of sp³-hybridized carbons (Fsp3) is 0.438. The molecule has 4 heteroatoms. The molecule has 0 saturated heterocycles. The highest BCUT2D eigenvalue weighted by Crippen LogP contribution is 2.21. The van der Waals surface area contributed by atoms with E-state index < -0.39 is 6.04 Å². The summed E-state index contributed by atoms with van der Waals surface area (Å²) < 4.78 is 2.24. The fourth-order valence-electron chi connectivity index (χ4n) is 2.25. The largest absolute Gasteiger partial charge is 0.347 e. The third-order valence-corrected chi connectivity index (χ3v) is 3.38. The number of anilines is 1. The summed E-state index contributed by atoms with van der Waals surface area (Å²) in [6, 6.07) is 7.60. The highest BCUT2D eigenvalue weighted by atomic mass is 16.2. The minimum atomic E-state index is -0.448. The second-order valence-electron chi connectivity index (χ2n) is 5.64. The molecule has 1 atom stereocenters. The standard InChI is InChI=1S/C16H23N3O/c1-4-14(17)16(20)18-13-5-6-15-12(9-13)7-8-19(15)10-11(2)3/h5-9,11,14H,4,10,17H2,1-3H3,(H,18,20)/t14-/m0/s1. The summed E-state index contributed by atoms with van der Waals surface area (Å²) in [4.78, 5) is 11.8. The SMILES string of the molecule is CC[C@H](N)C(=O)Nc1ccc2c(ccn2CC(C)C)c1. The van der Waals surface area contributed by atoms with Crippen molar-refractivity contribution >= 4 is 22.5 Å². The molecule has 2 aromatic rings. The van der Waals surface area contributed by atoms with Crippen LogP contribution in [0.2, 0.25) is 0 Å². The number of amides is 1. The number of fused-ring (bicyclic) bond motifs is 1. The lowest BCUT2D eigenvalue weighted by molar-refractivity contribution is -0.117. The predicted molar refractivity (Wildman–Crippen MR) is 83.7 cm³/mol. The van der Waals surface area contributed by atoms with Crippen LogP contribution in [0.1, 0.15) is 27.2 Å². The third kappa shape index (κ3) is 3.20. The van der Waals surface area contributed by atoms with Crippen LogP contribution in [0.25, 0.3) is 10.9 Å². The van der Waals surface area contributed by atoms with E-state index in [1.165, 1.54) is 5.52 Å². The summed E-state index contributed by atoms with van der Waals surface area (Å²) in [5.74, 6) is 0.473. The van der Waals surface area contributed by atoms with Gasteiger partial charge >= 0.3 is 0 Å². The Hall–Kier alpha value is -1.81. The van der Waals surface area contributed by atoms with Crippen LogP contribution in [-0.2, 0) is 11.3 Å². The molecule has 0 aliphatic carbocycles. The van der Waals surface area contributed by atoms with Crippen LogP contribution in [0.4, 0.5) is 5.69 Å². The monoisotopic (exact) mass is 273 g/mol. The van der Waals surface area contributed by atoms with Crippen LogP contribution >= 0.6 is 0 Å². The Morgan fingerprint density at radius 1 is 1.35 bits per heavy atom. The zero-order valence-corrected chi connectivity index (χ0v) is 12.4. The van der Waals surface area contributed by atoms with E-state index in [4.69, 9.17) is 5.73 Å². The molecule has 2 rings (SSSR count). The summed E-state index contributed by atoms with van der Waals surface area (Å²) in [6.45, 7) is 7.30. The van der Waals surface area contributed by atoms with Gasteiger partial charge in [-0.1, -0.05) is 20.8 Å². The van der Waals surface area contributed by atoms with Crippen molar-refractivity contribution in [3.63, 3.8) is 0 Å². The molecule has 0 fully saturated rings. The number of nitrogens with two attached hydrogens (primary N) is 1. The Morgan fingerprint density at radius 3 is 2.75 bits per heavy atom. The molecule has 0 unspecified atom stereocenters. The van der Waals surface area contributed by atoms with Gasteiger partial charge in [0.05, 0.1) is 6.04 Å². The molecule has 0 aliphatic rings. The van der Waals surface area contributed by atoms with Gasteiger partial charge in [0, 0.05) is 29.3 Å². The number of hydrogen-bond acceptors (Lipinski definition) is 2. The van der Waals surface area contributed by atoms with Gasteiger partial charge < -0.3 is 15.6 Å². The molecule has 20 heavy (non-hydrogen) atoms. The molecule has 4 nitrogen and oxygen atoms in total. The first-order chi connectivity index (χ1) is 9.51. The van der Waals surface area contributed by atoms with Crippen LogP contribution < -0.4 is 11.1 Å². The van der Waals surface area contributed by atoms with Crippen molar-refractivity contribution in [2.24, 2.45) is 11.7 Å². The molecule has 1 amide bonds. The summed E-state index contributed by atoms with van der Waals surface area (Å²) >= 11 is 0. The van der Waals surface area contributed by atoms with Gasteiger partial charge in [-0.3, -0.25) is 4.79 Å². The highest BCUT2D eigenvalue weighted by molar-refractivity contribution is 5.96. The lowest BCUT2D eigenvalue weighted by atomic mass is 10.2. The minimum Gasteiger partial charge on any atom is -0.347 e. The van der Waals surface area contributed by atoms with E-state index in [9.17, 15) is 4.79 Å². The Kier molecular flexibility index (Phi) is 4.45. The van der Waals surface area contributed by atoms with Crippen molar-refractivity contribution in [2.45, 2.75) is 39.8 Å². The van der Waals surface area contributed by atoms with Gasteiger partial charge in [0.1, 0.15) is 0 Å². The van der Waals surface area contributed by atoms with Crippen LogP contribution in [0.15, 0.2) is 30.5 Å². The fourth-order valence-corrected chi connectivity index (χ4v) is 2.25. The van der Waals surface area contributed by atoms with Crippen molar-refractivity contribution in [1.29, 1.82) is 0 Å². The second-order valence-corrected chi connectivity index (χ2v) is 5.64. The maximum Gasteiger partial charge on any atom is 0.241 e. The summed E-state index contributed by atoms with van der Waals surface area (Å²) in [5.41, 5.74) is 7.71. The highest BCUT2D eigenvalue weighted by Gasteiger charge is 2.11. The van der Waals surface area contributed by atoms with E-state index >= 15 is 0 Å². The Labute approximate surface area is 120 Å². The Bertz CT molecular complexity index is 601. The molecule has 1 aromatic carbocycles. The van der Waals surface area contributed by atoms with Gasteiger partial charge in [-0.15, -0.1) is 0 Å². The zero-order valence-electron chi connectivity index (χ0n) is 12.4. The molecule has 0 spiro atoms. The predicted octanol–water partition coefficient (Wildman–Crippen LogP) is 2.97.